The Morgan fingerprint density at radius 1 is 1.32 bits per heavy atom. The van der Waals surface area contributed by atoms with Crippen LogP contribution in [0.2, 0.25) is 5.15 Å². The van der Waals surface area contributed by atoms with Crippen molar-refractivity contribution in [3.8, 4) is 6.07 Å². The summed E-state index contributed by atoms with van der Waals surface area (Å²) in [5.74, 6) is -1.35. The zero-order chi connectivity index (χ0) is 14.0. The summed E-state index contributed by atoms with van der Waals surface area (Å²) in [4.78, 5) is 3.86. The fraction of sp³-hybridized carbons (Fsp3) is 0.0769. The minimum absolute atomic E-state index is 0.0648. The maximum Gasteiger partial charge on any atom is 0.152 e. The molecule has 1 aromatic heterocycles. The molecule has 0 saturated carbocycles. The largest absolute Gasteiger partial charge is 0.335 e. The van der Waals surface area contributed by atoms with Crippen molar-refractivity contribution < 1.29 is 8.78 Å². The Balaban J connectivity index is 2.45. The highest BCUT2D eigenvalue weighted by Gasteiger charge is 2.12. The van der Waals surface area contributed by atoms with Crippen LogP contribution in [0.1, 0.15) is 11.1 Å². The molecule has 0 saturated heterocycles. The highest BCUT2D eigenvalue weighted by Crippen LogP contribution is 2.25. The molecule has 1 heterocycles. The maximum atomic E-state index is 13.8. The van der Waals surface area contributed by atoms with Gasteiger partial charge in [0.1, 0.15) is 22.5 Å². The molecule has 0 atom stereocenters. The van der Waals surface area contributed by atoms with Crippen molar-refractivity contribution in [3.05, 3.63) is 52.2 Å². The zero-order valence-electron chi connectivity index (χ0n) is 9.84. The third-order valence-electron chi connectivity index (χ3n) is 2.46. The van der Waals surface area contributed by atoms with Gasteiger partial charge in [0.15, 0.2) is 5.82 Å². The number of nitrogens with one attached hydrogen (secondary N) is 1. The molecule has 3 nitrogen and oxygen atoms in total. The summed E-state index contributed by atoms with van der Waals surface area (Å²) in [6.07, 6.45) is 0. The van der Waals surface area contributed by atoms with E-state index < -0.39 is 11.6 Å². The Kier molecular flexibility index (Phi) is 3.63. The molecule has 0 aliphatic heterocycles. The first kappa shape index (κ1) is 13.2. The molecule has 0 aliphatic carbocycles. The first-order chi connectivity index (χ1) is 9.01. The second-order valence-electron chi connectivity index (χ2n) is 3.85. The van der Waals surface area contributed by atoms with Gasteiger partial charge in [0.05, 0.1) is 11.6 Å². The minimum Gasteiger partial charge on any atom is -0.335 e. The summed E-state index contributed by atoms with van der Waals surface area (Å²) in [6.45, 7) is 1.52. The molecule has 19 heavy (non-hydrogen) atoms. The van der Waals surface area contributed by atoms with E-state index in [1.807, 2.05) is 6.07 Å². The van der Waals surface area contributed by atoms with Crippen LogP contribution in [0.25, 0.3) is 0 Å². The van der Waals surface area contributed by atoms with Crippen molar-refractivity contribution in [2.75, 3.05) is 5.32 Å². The number of halogens is 3. The quantitative estimate of drug-likeness (QED) is 0.847. The standard InChI is InChI=1S/C13H8ClF2N3/c1-7-2-3-9(15)13(12(7)16)19-11-5-8(6-17)4-10(14)18-11/h2-5H,1H3,(H,18,19). The topological polar surface area (TPSA) is 48.7 Å². The molecule has 0 amide bonds. The summed E-state index contributed by atoms with van der Waals surface area (Å²) in [5.41, 5.74) is 0.223. The van der Waals surface area contributed by atoms with Crippen LogP contribution in [-0.4, -0.2) is 4.98 Å². The normalized spacial score (nSPS) is 10.1. The van der Waals surface area contributed by atoms with Crippen LogP contribution >= 0.6 is 11.6 Å². The number of benzene rings is 1. The predicted molar refractivity (Wildman–Crippen MR) is 68.3 cm³/mol. The van der Waals surface area contributed by atoms with Gasteiger partial charge < -0.3 is 5.32 Å². The number of pyridine rings is 1. The van der Waals surface area contributed by atoms with Gasteiger partial charge in [0.25, 0.3) is 0 Å². The number of nitrogens with zero attached hydrogens (tertiary/aromatic N) is 2. The summed E-state index contributed by atoms with van der Waals surface area (Å²) < 4.78 is 27.4. The molecule has 96 valence electrons. The zero-order valence-corrected chi connectivity index (χ0v) is 10.6. The molecule has 0 radical (unpaired) electrons. The molecular formula is C13H8ClF2N3. The van der Waals surface area contributed by atoms with E-state index in [0.717, 1.165) is 6.07 Å². The van der Waals surface area contributed by atoms with Gasteiger partial charge in [-0.2, -0.15) is 5.26 Å². The van der Waals surface area contributed by atoms with Gasteiger partial charge in [-0.1, -0.05) is 17.7 Å². The van der Waals surface area contributed by atoms with Gasteiger partial charge in [-0.25, -0.2) is 13.8 Å². The van der Waals surface area contributed by atoms with E-state index in [0.29, 0.717) is 5.56 Å². The third-order valence-corrected chi connectivity index (χ3v) is 2.65. The lowest BCUT2D eigenvalue weighted by molar-refractivity contribution is 0.584. The van der Waals surface area contributed by atoms with Crippen LogP contribution < -0.4 is 5.32 Å². The van der Waals surface area contributed by atoms with E-state index >= 15 is 0 Å². The molecule has 2 rings (SSSR count). The Hall–Kier alpha value is -2.19. The number of rotatable bonds is 2. The smallest absolute Gasteiger partial charge is 0.152 e. The second-order valence-corrected chi connectivity index (χ2v) is 4.24. The van der Waals surface area contributed by atoms with Crippen LogP contribution in [0.5, 0.6) is 0 Å². The SMILES string of the molecule is Cc1ccc(F)c(Nc2cc(C#N)cc(Cl)n2)c1F. The van der Waals surface area contributed by atoms with Gasteiger partial charge in [-0.05, 0) is 30.7 Å². The van der Waals surface area contributed by atoms with E-state index in [9.17, 15) is 8.78 Å². The molecule has 6 heteroatoms. The van der Waals surface area contributed by atoms with Gasteiger partial charge in [0, 0.05) is 0 Å². The average Bonchev–Trinajstić information content (AvgIpc) is 2.38. The lowest BCUT2D eigenvalue weighted by atomic mass is 10.2. The summed E-state index contributed by atoms with van der Waals surface area (Å²) in [5, 5.41) is 11.4. The van der Waals surface area contributed by atoms with Crippen LogP contribution in [0.4, 0.5) is 20.3 Å². The molecule has 2 aromatic rings. The molecule has 1 aromatic carbocycles. The summed E-state index contributed by atoms with van der Waals surface area (Å²) in [7, 11) is 0. The van der Waals surface area contributed by atoms with Crippen molar-refractivity contribution in [3.63, 3.8) is 0 Å². The number of aryl methyl sites for hydroxylation is 1. The van der Waals surface area contributed by atoms with E-state index in [2.05, 4.69) is 10.3 Å². The highest BCUT2D eigenvalue weighted by atomic mass is 35.5. The first-order valence-electron chi connectivity index (χ1n) is 5.30. The van der Waals surface area contributed by atoms with Crippen molar-refractivity contribution in [2.45, 2.75) is 6.92 Å². The number of hydrogen-bond donors (Lipinski definition) is 1. The lowest BCUT2D eigenvalue weighted by Gasteiger charge is -2.10. The molecular weight excluding hydrogens is 272 g/mol. The monoisotopic (exact) mass is 279 g/mol. The molecule has 0 spiro atoms. The van der Waals surface area contributed by atoms with Crippen LogP contribution in [0.15, 0.2) is 24.3 Å². The molecule has 1 N–H and O–H groups in total. The minimum atomic E-state index is -0.747. The van der Waals surface area contributed by atoms with Crippen LogP contribution in [0, 0.1) is 29.9 Å². The number of anilines is 2. The first-order valence-corrected chi connectivity index (χ1v) is 5.68. The fourth-order valence-electron chi connectivity index (χ4n) is 1.52. The van der Waals surface area contributed by atoms with Crippen molar-refractivity contribution in [1.29, 1.82) is 5.26 Å². The highest BCUT2D eigenvalue weighted by molar-refractivity contribution is 6.29. The van der Waals surface area contributed by atoms with Crippen molar-refractivity contribution in [2.24, 2.45) is 0 Å². The molecule has 0 fully saturated rings. The Bertz CT molecular complexity index is 680. The van der Waals surface area contributed by atoms with Crippen LogP contribution in [0.3, 0.4) is 0 Å². The Morgan fingerprint density at radius 3 is 2.74 bits per heavy atom. The number of nitriles is 1. The number of aromatic nitrogens is 1. The fourth-order valence-corrected chi connectivity index (χ4v) is 1.73. The Labute approximate surface area is 113 Å². The maximum absolute atomic E-state index is 13.8. The Morgan fingerprint density at radius 2 is 2.05 bits per heavy atom. The second kappa shape index (κ2) is 5.21. The van der Waals surface area contributed by atoms with Gasteiger partial charge in [-0.3, -0.25) is 0 Å². The van der Waals surface area contributed by atoms with Gasteiger partial charge in [0.2, 0.25) is 0 Å². The van der Waals surface area contributed by atoms with E-state index in [4.69, 9.17) is 16.9 Å². The molecule has 0 bridgehead atoms. The van der Waals surface area contributed by atoms with Crippen LogP contribution in [-0.2, 0) is 0 Å². The summed E-state index contributed by atoms with van der Waals surface area (Å²) in [6, 6.07) is 7.08. The van der Waals surface area contributed by atoms with Crippen molar-refractivity contribution in [1.82, 2.24) is 4.98 Å². The van der Waals surface area contributed by atoms with E-state index in [-0.39, 0.29) is 22.2 Å². The van der Waals surface area contributed by atoms with E-state index in [1.165, 1.54) is 25.1 Å². The predicted octanol–water partition coefficient (Wildman–Crippen LogP) is 3.94. The van der Waals surface area contributed by atoms with E-state index in [1.54, 1.807) is 0 Å². The third kappa shape index (κ3) is 2.80. The van der Waals surface area contributed by atoms with Crippen molar-refractivity contribution >= 4 is 23.1 Å². The lowest BCUT2D eigenvalue weighted by Crippen LogP contribution is -2.01. The molecule has 0 aliphatic rings. The average molecular weight is 280 g/mol. The summed E-state index contributed by atoms with van der Waals surface area (Å²) >= 11 is 5.72. The van der Waals surface area contributed by atoms with Gasteiger partial charge >= 0.3 is 0 Å². The molecule has 0 unspecified atom stereocenters. The van der Waals surface area contributed by atoms with Gasteiger partial charge in [-0.15, -0.1) is 0 Å². The number of hydrogen-bond acceptors (Lipinski definition) is 3.